The molecule has 0 aliphatic carbocycles. The Kier molecular flexibility index (Phi) is 9.66. The van der Waals surface area contributed by atoms with E-state index < -0.39 is 0 Å². The molecule has 1 aromatic carbocycles. The summed E-state index contributed by atoms with van der Waals surface area (Å²) >= 11 is 0. The average molecular weight is 504 g/mol. The summed E-state index contributed by atoms with van der Waals surface area (Å²) in [4.78, 5) is 18.4. The Bertz CT molecular complexity index is 670. The van der Waals surface area contributed by atoms with Crippen molar-refractivity contribution in [2.24, 2.45) is 10.9 Å². The summed E-state index contributed by atoms with van der Waals surface area (Å²) in [7, 11) is 1.75. The van der Waals surface area contributed by atoms with E-state index >= 15 is 0 Å². The molecule has 0 unspecified atom stereocenters. The van der Waals surface area contributed by atoms with Crippen LogP contribution in [0.3, 0.4) is 0 Å². The highest BCUT2D eigenvalue weighted by Crippen LogP contribution is 2.23. The lowest BCUT2D eigenvalue weighted by molar-refractivity contribution is -0.135. The number of carbonyl (C=O) groups excluding carboxylic acids is 1. The third-order valence-electron chi connectivity index (χ3n) is 5.17. The summed E-state index contributed by atoms with van der Waals surface area (Å²) in [6.07, 6.45) is 1.82. The Hall–Kier alpha value is -1.38. The first kappa shape index (κ1) is 24.7. The van der Waals surface area contributed by atoms with E-state index in [9.17, 15) is 9.18 Å². The molecule has 0 saturated carbocycles. The molecule has 0 spiro atoms. The van der Waals surface area contributed by atoms with E-state index in [1.165, 1.54) is 6.07 Å². The lowest BCUT2D eigenvalue weighted by Gasteiger charge is -2.34. The maximum absolute atomic E-state index is 13.5. The van der Waals surface area contributed by atoms with Gasteiger partial charge in [0, 0.05) is 44.1 Å². The fraction of sp³-hybridized carbons (Fsp3) is 0.619. The number of amides is 1. The van der Waals surface area contributed by atoms with Crippen LogP contribution in [0.5, 0.6) is 0 Å². The number of hydrogen-bond acceptors (Lipinski definition) is 2. The Morgan fingerprint density at radius 1 is 1.32 bits per heavy atom. The summed E-state index contributed by atoms with van der Waals surface area (Å²) in [5.41, 5.74) is 0.721. The first-order valence-corrected chi connectivity index (χ1v) is 9.75. The quantitative estimate of drug-likeness (QED) is 0.367. The highest BCUT2D eigenvalue weighted by Gasteiger charge is 2.26. The molecule has 1 aliphatic rings. The second-order valence-electron chi connectivity index (χ2n) is 8.22. The number of piperidine rings is 1. The maximum Gasteiger partial charge on any atom is 0.225 e. The van der Waals surface area contributed by atoms with Gasteiger partial charge in [-0.3, -0.25) is 9.79 Å². The molecule has 5 nitrogen and oxygen atoms in total. The molecule has 2 rings (SSSR count). The molecule has 28 heavy (non-hydrogen) atoms. The van der Waals surface area contributed by atoms with Gasteiger partial charge in [0.15, 0.2) is 5.96 Å². The van der Waals surface area contributed by atoms with Gasteiger partial charge in [0.1, 0.15) is 5.82 Å². The minimum absolute atomic E-state index is 0. The molecule has 1 heterocycles. The summed E-state index contributed by atoms with van der Waals surface area (Å²) in [5, 5.41) is 6.82. The topological polar surface area (TPSA) is 56.7 Å². The van der Waals surface area contributed by atoms with Crippen molar-refractivity contribution in [3.63, 3.8) is 0 Å². The number of nitrogens with one attached hydrogen (secondary N) is 2. The van der Waals surface area contributed by atoms with Crippen molar-refractivity contribution >= 4 is 35.8 Å². The van der Waals surface area contributed by atoms with Crippen molar-refractivity contribution in [1.29, 1.82) is 0 Å². The normalized spacial score (nSPS) is 16.0. The van der Waals surface area contributed by atoms with Crippen LogP contribution >= 0.6 is 24.0 Å². The van der Waals surface area contributed by atoms with Gasteiger partial charge >= 0.3 is 0 Å². The minimum atomic E-state index is -0.229. The molecule has 0 bridgehead atoms. The SMILES string of the molecule is CN=C(NCC(C)(C)c1cccc(F)c1)NC1CCN(C(=O)C(C)C)CC1.I. The van der Waals surface area contributed by atoms with Gasteiger partial charge in [0.2, 0.25) is 5.91 Å². The van der Waals surface area contributed by atoms with Crippen molar-refractivity contribution in [3.8, 4) is 0 Å². The Morgan fingerprint density at radius 2 is 1.96 bits per heavy atom. The van der Waals surface area contributed by atoms with Crippen LogP contribution in [0.15, 0.2) is 29.3 Å². The van der Waals surface area contributed by atoms with E-state index in [0.717, 1.165) is 37.5 Å². The number of rotatable bonds is 5. The number of nitrogens with zero attached hydrogens (tertiary/aromatic N) is 2. The number of likely N-dealkylation sites (tertiary alicyclic amines) is 1. The van der Waals surface area contributed by atoms with Gasteiger partial charge in [0.05, 0.1) is 0 Å². The van der Waals surface area contributed by atoms with Gasteiger partial charge < -0.3 is 15.5 Å². The van der Waals surface area contributed by atoms with Crippen LogP contribution in [0.4, 0.5) is 4.39 Å². The summed E-state index contributed by atoms with van der Waals surface area (Å²) < 4.78 is 13.5. The van der Waals surface area contributed by atoms with Crippen LogP contribution in [0.1, 0.15) is 46.1 Å². The Morgan fingerprint density at radius 3 is 2.50 bits per heavy atom. The van der Waals surface area contributed by atoms with Gasteiger partial charge in [-0.25, -0.2) is 4.39 Å². The molecule has 1 aromatic rings. The van der Waals surface area contributed by atoms with Crippen LogP contribution in [0.25, 0.3) is 0 Å². The van der Waals surface area contributed by atoms with Crippen LogP contribution in [0, 0.1) is 11.7 Å². The van der Waals surface area contributed by atoms with E-state index in [4.69, 9.17) is 0 Å². The molecule has 0 aromatic heterocycles. The van der Waals surface area contributed by atoms with Gasteiger partial charge in [-0.05, 0) is 30.5 Å². The second kappa shape index (κ2) is 11.0. The van der Waals surface area contributed by atoms with E-state index in [-0.39, 0.29) is 47.0 Å². The zero-order valence-electron chi connectivity index (χ0n) is 17.6. The van der Waals surface area contributed by atoms with Crippen molar-refractivity contribution in [3.05, 3.63) is 35.6 Å². The second-order valence-corrected chi connectivity index (χ2v) is 8.22. The molecule has 7 heteroatoms. The van der Waals surface area contributed by atoms with Gasteiger partial charge in [-0.1, -0.05) is 39.8 Å². The summed E-state index contributed by atoms with van der Waals surface area (Å²) in [5.74, 6) is 0.806. The standard InChI is InChI=1S/C21H33FN4O.HI/c1-15(2)19(27)26-11-9-18(10-12-26)25-20(23-5)24-14-21(3,4)16-7-6-8-17(22)13-16;/h6-8,13,15,18H,9-12,14H2,1-5H3,(H2,23,24,25);1H. The number of hydrogen-bond donors (Lipinski definition) is 2. The van der Waals surface area contributed by atoms with E-state index in [0.29, 0.717) is 12.6 Å². The monoisotopic (exact) mass is 504 g/mol. The first-order chi connectivity index (χ1) is 12.7. The average Bonchev–Trinajstić information content (AvgIpc) is 2.65. The lowest BCUT2D eigenvalue weighted by Crippen LogP contribution is -2.51. The molecular weight excluding hydrogens is 470 g/mol. The zero-order valence-corrected chi connectivity index (χ0v) is 19.9. The smallest absolute Gasteiger partial charge is 0.225 e. The third-order valence-corrected chi connectivity index (χ3v) is 5.17. The molecule has 1 fully saturated rings. The molecule has 1 aliphatic heterocycles. The number of carbonyl (C=O) groups is 1. The lowest BCUT2D eigenvalue weighted by atomic mass is 9.84. The van der Waals surface area contributed by atoms with E-state index in [1.807, 2.05) is 24.8 Å². The molecule has 2 N–H and O–H groups in total. The largest absolute Gasteiger partial charge is 0.356 e. The summed E-state index contributed by atoms with van der Waals surface area (Å²) in [6, 6.07) is 7.03. The molecule has 0 radical (unpaired) electrons. The van der Waals surface area contributed by atoms with Crippen molar-refractivity contribution < 1.29 is 9.18 Å². The highest BCUT2D eigenvalue weighted by molar-refractivity contribution is 14.0. The van der Waals surface area contributed by atoms with Crippen LogP contribution in [0.2, 0.25) is 0 Å². The highest BCUT2D eigenvalue weighted by atomic mass is 127. The number of halogens is 2. The van der Waals surface area contributed by atoms with Crippen molar-refractivity contribution in [2.75, 3.05) is 26.7 Å². The van der Waals surface area contributed by atoms with Crippen LogP contribution in [-0.2, 0) is 10.2 Å². The maximum atomic E-state index is 13.5. The van der Waals surface area contributed by atoms with E-state index in [1.54, 1.807) is 19.2 Å². The van der Waals surface area contributed by atoms with E-state index in [2.05, 4.69) is 29.5 Å². The summed E-state index contributed by atoms with van der Waals surface area (Å²) in [6.45, 7) is 10.2. The third kappa shape index (κ3) is 6.90. The Labute approximate surface area is 185 Å². The molecule has 1 saturated heterocycles. The van der Waals surface area contributed by atoms with Crippen molar-refractivity contribution in [1.82, 2.24) is 15.5 Å². The zero-order chi connectivity index (χ0) is 20.0. The minimum Gasteiger partial charge on any atom is -0.356 e. The van der Waals surface area contributed by atoms with Crippen LogP contribution < -0.4 is 10.6 Å². The van der Waals surface area contributed by atoms with Crippen LogP contribution in [-0.4, -0.2) is 49.5 Å². The number of aliphatic imine (C=N–C) groups is 1. The molecular formula is C21H34FIN4O. The predicted octanol–water partition coefficient (Wildman–Crippen LogP) is 3.53. The van der Waals surface area contributed by atoms with Gasteiger partial charge in [0.25, 0.3) is 0 Å². The molecule has 158 valence electrons. The van der Waals surface area contributed by atoms with Crippen molar-refractivity contribution in [2.45, 2.75) is 52.0 Å². The number of guanidine groups is 1. The fourth-order valence-corrected chi connectivity index (χ4v) is 3.31. The molecule has 1 amide bonds. The van der Waals surface area contributed by atoms with Gasteiger partial charge in [-0.2, -0.15) is 0 Å². The first-order valence-electron chi connectivity index (χ1n) is 9.75. The van der Waals surface area contributed by atoms with Gasteiger partial charge in [-0.15, -0.1) is 24.0 Å². The number of benzene rings is 1. The fourth-order valence-electron chi connectivity index (χ4n) is 3.31. The predicted molar refractivity (Wildman–Crippen MR) is 124 cm³/mol. The Balaban J connectivity index is 0.00000392. The molecule has 0 atom stereocenters.